The number of rotatable bonds is 8. The maximum Gasteiger partial charge on any atom is 0.404 e. The Morgan fingerprint density at radius 2 is 1.41 bits per heavy atom. The number of sulfonamides is 1. The number of hydrogen-bond acceptors (Lipinski definition) is 4. The molecule has 2 amide bonds. The molecule has 0 fully saturated rings. The Hall–Kier alpha value is -3.79. The molecule has 0 bridgehead atoms. The molecule has 0 unspecified atom stereocenters. The number of halogens is 2. The normalized spacial score (nSPS) is 11.2. The van der Waals surface area contributed by atoms with Crippen molar-refractivity contribution >= 4 is 61.7 Å². The van der Waals surface area contributed by atoms with Crippen molar-refractivity contribution in [2.45, 2.75) is 18.0 Å². The molecule has 0 saturated heterocycles. The van der Waals surface area contributed by atoms with Crippen molar-refractivity contribution in [2.75, 3.05) is 4.72 Å². The van der Waals surface area contributed by atoms with E-state index in [-0.39, 0.29) is 33.9 Å². The van der Waals surface area contributed by atoms with Gasteiger partial charge in [0, 0.05) is 34.4 Å². The van der Waals surface area contributed by atoms with Gasteiger partial charge in [0.25, 0.3) is 15.9 Å². The Morgan fingerprint density at radius 1 is 0.784 bits per heavy atom. The van der Waals surface area contributed by atoms with Crippen molar-refractivity contribution in [1.29, 1.82) is 0 Å². The maximum absolute atomic E-state index is 12.9. The maximum atomic E-state index is 12.9. The summed E-state index contributed by atoms with van der Waals surface area (Å²) in [6, 6.07) is 21.3. The molecule has 8 nitrogen and oxygen atoms in total. The Kier molecular flexibility index (Phi) is 7.87. The molecule has 11 heteroatoms. The molecule has 0 aromatic heterocycles. The van der Waals surface area contributed by atoms with E-state index in [1.807, 2.05) is 12.1 Å². The van der Waals surface area contributed by atoms with Crippen LogP contribution >= 0.6 is 23.2 Å². The zero-order chi connectivity index (χ0) is 26.6. The molecule has 0 radical (unpaired) electrons. The molecule has 0 atom stereocenters. The van der Waals surface area contributed by atoms with E-state index >= 15 is 0 Å². The highest BCUT2D eigenvalue weighted by Gasteiger charge is 2.17. The molecule has 4 aromatic rings. The van der Waals surface area contributed by atoms with Crippen LogP contribution in [0, 0.1) is 0 Å². The number of carbonyl (C=O) groups is 2. The number of nitrogens with one attached hydrogen (secondary N) is 3. The highest BCUT2D eigenvalue weighted by atomic mass is 35.5. The molecule has 4 rings (SSSR count). The molecule has 0 heterocycles. The van der Waals surface area contributed by atoms with Crippen molar-refractivity contribution in [1.82, 2.24) is 10.6 Å². The van der Waals surface area contributed by atoms with Crippen LogP contribution in [0.3, 0.4) is 0 Å². The monoisotopic (exact) mass is 557 g/mol. The predicted octanol–water partition coefficient (Wildman–Crippen LogP) is 5.65. The van der Waals surface area contributed by atoms with Gasteiger partial charge >= 0.3 is 6.09 Å². The van der Waals surface area contributed by atoms with E-state index in [1.165, 1.54) is 18.2 Å². The summed E-state index contributed by atoms with van der Waals surface area (Å²) in [7, 11) is -3.93. The summed E-state index contributed by atoms with van der Waals surface area (Å²) in [5.74, 6) is -0.288. The topological polar surface area (TPSA) is 125 Å². The summed E-state index contributed by atoms with van der Waals surface area (Å²) in [4.78, 5) is 23.5. The second-order valence-electron chi connectivity index (χ2n) is 8.11. The SMILES string of the molecule is O=C(O)NCc1ccc(CNC(=O)c2cccc3cc(NS(=O)(=O)c4cc(Cl)cc(Cl)c4)ccc23)cc1. The fourth-order valence-corrected chi connectivity index (χ4v) is 5.45. The molecule has 4 aromatic carbocycles. The Morgan fingerprint density at radius 3 is 2.03 bits per heavy atom. The molecule has 0 saturated carbocycles. The molecule has 0 spiro atoms. The van der Waals surface area contributed by atoms with E-state index in [0.717, 1.165) is 11.1 Å². The van der Waals surface area contributed by atoms with Gasteiger partial charge in [-0.25, -0.2) is 13.2 Å². The number of carboxylic acid groups (broad SMARTS) is 1. The van der Waals surface area contributed by atoms with Gasteiger partial charge in [0.2, 0.25) is 0 Å². The lowest BCUT2D eigenvalue weighted by molar-refractivity contribution is 0.0952. The van der Waals surface area contributed by atoms with Gasteiger partial charge in [0.05, 0.1) is 4.90 Å². The third-order valence-corrected chi connectivity index (χ3v) is 7.24. The minimum atomic E-state index is -3.93. The van der Waals surface area contributed by atoms with Gasteiger partial charge in [-0.3, -0.25) is 9.52 Å². The molecule has 0 aliphatic carbocycles. The fraction of sp³-hybridized carbons (Fsp3) is 0.0769. The largest absolute Gasteiger partial charge is 0.465 e. The summed E-state index contributed by atoms with van der Waals surface area (Å²) >= 11 is 11.9. The number of hydrogen-bond donors (Lipinski definition) is 4. The van der Waals surface area contributed by atoms with Crippen molar-refractivity contribution in [3.8, 4) is 0 Å². The van der Waals surface area contributed by atoms with Crippen molar-refractivity contribution < 1.29 is 23.1 Å². The van der Waals surface area contributed by atoms with Gasteiger partial charge in [-0.1, -0.05) is 65.7 Å². The highest BCUT2D eigenvalue weighted by molar-refractivity contribution is 7.92. The summed E-state index contributed by atoms with van der Waals surface area (Å²) in [5, 5.41) is 15.6. The molecule has 37 heavy (non-hydrogen) atoms. The first-order chi connectivity index (χ1) is 17.6. The van der Waals surface area contributed by atoms with Crippen LogP contribution in [0.15, 0.2) is 83.8 Å². The Bertz CT molecular complexity index is 1570. The van der Waals surface area contributed by atoms with Gasteiger partial charge in [0.15, 0.2) is 0 Å². The van der Waals surface area contributed by atoms with Gasteiger partial charge in [0.1, 0.15) is 0 Å². The number of anilines is 1. The number of amides is 2. The van der Waals surface area contributed by atoms with E-state index in [2.05, 4.69) is 15.4 Å². The van der Waals surface area contributed by atoms with E-state index < -0.39 is 16.1 Å². The van der Waals surface area contributed by atoms with Gasteiger partial charge in [-0.2, -0.15) is 0 Å². The third kappa shape index (κ3) is 6.71. The van der Waals surface area contributed by atoms with Crippen LogP contribution in [0.4, 0.5) is 10.5 Å². The quantitative estimate of drug-likeness (QED) is 0.223. The number of benzene rings is 4. The van der Waals surface area contributed by atoms with Gasteiger partial charge in [-0.05, 0) is 58.3 Å². The first-order valence-electron chi connectivity index (χ1n) is 11.0. The van der Waals surface area contributed by atoms with Crippen molar-refractivity contribution in [3.05, 3.63) is 106 Å². The lowest BCUT2D eigenvalue weighted by Gasteiger charge is -2.12. The van der Waals surface area contributed by atoms with Crippen LogP contribution in [0.1, 0.15) is 21.5 Å². The Balaban J connectivity index is 1.47. The molecule has 0 aliphatic rings. The smallest absolute Gasteiger partial charge is 0.404 e. The zero-order valence-electron chi connectivity index (χ0n) is 19.2. The average Bonchev–Trinajstić information content (AvgIpc) is 2.85. The van der Waals surface area contributed by atoms with E-state index in [1.54, 1.807) is 48.5 Å². The van der Waals surface area contributed by atoms with Crippen LogP contribution in [0.25, 0.3) is 10.8 Å². The summed E-state index contributed by atoms with van der Waals surface area (Å²) in [6.45, 7) is 0.477. The van der Waals surface area contributed by atoms with Crippen LogP contribution < -0.4 is 15.4 Å². The minimum absolute atomic E-state index is 0.0654. The fourth-order valence-electron chi connectivity index (χ4n) is 3.67. The minimum Gasteiger partial charge on any atom is -0.465 e. The second kappa shape index (κ2) is 11.1. The summed E-state index contributed by atoms with van der Waals surface area (Å²) < 4.78 is 28.1. The second-order valence-corrected chi connectivity index (χ2v) is 10.7. The van der Waals surface area contributed by atoms with E-state index in [0.29, 0.717) is 22.0 Å². The average molecular weight is 558 g/mol. The standard InChI is InChI=1S/C26H21Cl2N3O5S/c27-19-11-20(28)13-22(12-19)37(35,36)31-21-8-9-23-18(10-21)2-1-3-24(23)25(32)29-14-16-4-6-17(7-5-16)15-30-26(33)34/h1-13,30-31H,14-15H2,(H,29,32)(H,33,34). The molecular weight excluding hydrogens is 537 g/mol. The van der Waals surface area contributed by atoms with Crippen LogP contribution in [-0.2, 0) is 23.1 Å². The predicted molar refractivity (Wildman–Crippen MR) is 144 cm³/mol. The molecule has 4 N–H and O–H groups in total. The van der Waals surface area contributed by atoms with Crippen LogP contribution in [0.5, 0.6) is 0 Å². The molecular formula is C26H21Cl2N3O5S. The lowest BCUT2D eigenvalue weighted by atomic mass is 10.0. The van der Waals surface area contributed by atoms with Crippen LogP contribution in [0.2, 0.25) is 10.0 Å². The number of fused-ring (bicyclic) bond motifs is 1. The third-order valence-electron chi connectivity index (χ3n) is 5.44. The van der Waals surface area contributed by atoms with Crippen molar-refractivity contribution in [2.24, 2.45) is 0 Å². The Labute approximate surface area is 223 Å². The molecule has 0 aliphatic heterocycles. The van der Waals surface area contributed by atoms with Gasteiger partial charge < -0.3 is 15.7 Å². The first kappa shape index (κ1) is 26.3. The summed E-state index contributed by atoms with van der Waals surface area (Å²) in [6.07, 6.45) is -1.10. The first-order valence-corrected chi connectivity index (χ1v) is 13.2. The lowest BCUT2D eigenvalue weighted by Crippen LogP contribution is -2.23. The van der Waals surface area contributed by atoms with Gasteiger partial charge in [-0.15, -0.1) is 0 Å². The van der Waals surface area contributed by atoms with Crippen LogP contribution in [-0.4, -0.2) is 25.5 Å². The van der Waals surface area contributed by atoms with E-state index in [4.69, 9.17) is 28.3 Å². The zero-order valence-corrected chi connectivity index (χ0v) is 21.5. The highest BCUT2D eigenvalue weighted by Crippen LogP contribution is 2.27. The molecule has 190 valence electrons. The number of carbonyl (C=O) groups excluding carboxylic acids is 1. The van der Waals surface area contributed by atoms with E-state index in [9.17, 15) is 18.0 Å². The summed E-state index contributed by atoms with van der Waals surface area (Å²) in [5.41, 5.74) is 2.41. The van der Waals surface area contributed by atoms with Crippen molar-refractivity contribution in [3.63, 3.8) is 0 Å².